The lowest BCUT2D eigenvalue weighted by molar-refractivity contribution is -0.176. The van der Waals surface area contributed by atoms with Crippen molar-refractivity contribution in [1.29, 1.82) is 0 Å². The van der Waals surface area contributed by atoms with Crippen LogP contribution in [-0.4, -0.2) is 29.2 Å². The van der Waals surface area contributed by atoms with Crippen LogP contribution in [0.1, 0.15) is 37.4 Å². The fourth-order valence-corrected chi connectivity index (χ4v) is 2.95. The molecule has 20 heavy (non-hydrogen) atoms. The SMILES string of the molecule is FC(F)(F)C1CCCN(c2cc(Br)nc(C3CC3)n2)C1. The number of nitrogens with zero attached hydrogens (tertiary/aromatic N) is 3. The summed E-state index contributed by atoms with van der Waals surface area (Å²) < 4.78 is 39.2. The first-order valence-corrected chi connectivity index (χ1v) is 7.59. The Hall–Kier alpha value is -0.850. The van der Waals surface area contributed by atoms with Crippen molar-refractivity contribution in [3.63, 3.8) is 0 Å². The normalized spacial score (nSPS) is 24.0. The minimum atomic E-state index is -4.12. The quantitative estimate of drug-likeness (QED) is 0.758. The van der Waals surface area contributed by atoms with Gasteiger partial charge < -0.3 is 4.90 Å². The highest BCUT2D eigenvalue weighted by Crippen LogP contribution is 2.40. The van der Waals surface area contributed by atoms with Gasteiger partial charge in [0.15, 0.2) is 0 Å². The molecule has 2 fully saturated rings. The van der Waals surface area contributed by atoms with E-state index in [9.17, 15) is 13.2 Å². The highest BCUT2D eigenvalue weighted by Gasteiger charge is 2.42. The van der Waals surface area contributed by atoms with Crippen molar-refractivity contribution in [3.05, 3.63) is 16.5 Å². The second-order valence-electron chi connectivity index (χ2n) is 5.51. The summed E-state index contributed by atoms with van der Waals surface area (Å²) >= 11 is 3.33. The number of rotatable bonds is 2. The van der Waals surface area contributed by atoms with Crippen molar-refractivity contribution in [2.75, 3.05) is 18.0 Å². The molecular weight excluding hydrogens is 335 g/mol. The number of aromatic nitrogens is 2. The number of piperidine rings is 1. The molecule has 1 atom stereocenters. The third-order valence-corrected chi connectivity index (χ3v) is 4.26. The lowest BCUT2D eigenvalue weighted by Crippen LogP contribution is -2.42. The summed E-state index contributed by atoms with van der Waals surface area (Å²) in [6, 6.07) is 1.71. The zero-order valence-electron chi connectivity index (χ0n) is 10.8. The first kappa shape index (κ1) is 14.1. The molecule has 1 aromatic heterocycles. The summed E-state index contributed by atoms with van der Waals surface area (Å²) in [6.45, 7) is 0.622. The number of halogens is 4. The van der Waals surface area contributed by atoms with E-state index in [1.807, 2.05) is 0 Å². The maximum Gasteiger partial charge on any atom is 0.393 e. The van der Waals surface area contributed by atoms with Gasteiger partial charge in [-0.25, -0.2) is 9.97 Å². The van der Waals surface area contributed by atoms with E-state index >= 15 is 0 Å². The number of anilines is 1. The van der Waals surface area contributed by atoms with Gasteiger partial charge in [0.25, 0.3) is 0 Å². The fourth-order valence-electron chi connectivity index (χ4n) is 2.56. The van der Waals surface area contributed by atoms with E-state index < -0.39 is 12.1 Å². The van der Waals surface area contributed by atoms with Crippen LogP contribution in [0, 0.1) is 5.92 Å². The van der Waals surface area contributed by atoms with Crippen molar-refractivity contribution >= 4 is 21.7 Å². The number of alkyl halides is 3. The third kappa shape index (κ3) is 3.07. The Kier molecular flexibility index (Phi) is 3.64. The Balaban J connectivity index is 1.81. The predicted octanol–water partition coefficient (Wildman–Crippen LogP) is 3.90. The molecule has 1 aromatic rings. The molecule has 110 valence electrons. The van der Waals surface area contributed by atoms with Crippen molar-refractivity contribution in [1.82, 2.24) is 9.97 Å². The summed E-state index contributed by atoms with van der Waals surface area (Å²) in [6.07, 6.45) is -1.23. The van der Waals surface area contributed by atoms with Gasteiger partial charge in [-0.3, -0.25) is 0 Å². The summed E-state index contributed by atoms with van der Waals surface area (Å²) in [5.41, 5.74) is 0. The lowest BCUT2D eigenvalue weighted by atomic mass is 9.97. The molecule has 1 saturated heterocycles. The van der Waals surface area contributed by atoms with E-state index in [-0.39, 0.29) is 13.0 Å². The van der Waals surface area contributed by atoms with Gasteiger partial charge in [-0.1, -0.05) is 0 Å². The third-order valence-electron chi connectivity index (χ3n) is 3.85. The van der Waals surface area contributed by atoms with E-state index in [1.165, 1.54) is 0 Å². The van der Waals surface area contributed by atoms with Gasteiger partial charge in [0.2, 0.25) is 0 Å². The van der Waals surface area contributed by atoms with Gasteiger partial charge in [0.05, 0.1) is 5.92 Å². The smallest absolute Gasteiger partial charge is 0.356 e. The molecule has 2 aliphatic rings. The highest BCUT2D eigenvalue weighted by molar-refractivity contribution is 9.10. The van der Waals surface area contributed by atoms with E-state index in [4.69, 9.17) is 0 Å². The van der Waals surface area contributed by atoms with Gasteiger partial charge >= 0.3 is 6.18 Å². The summed E-state index contributed by atoms with van der Waals surface area (Å²) in [5.74, 6) is 0.495. The topological polar surface area (TPSA) is 29.0 Å². The standard InChI is InChI=1S/C13H15BrF3N3/c14-10-6-11(19-12(18-10)8-3-4-8)20-5-1-2-9(7-20)13(15,16)17/h6,8-9H,1-5,7H2. The average molecular weight is 350 g/mol. The molecule has 3 rings (SSSR count). The first-order chi connectivity index (χ1) is 9.43. The van der Waals surface area contributed by atoms with Crippen molar-refractivity contribution in [2.24, 2.45) is 5.92 Å². The van der Waals surface area contributed by atoms with Gasteiger partial charge in [-0.15, -0.1) is 0 Å². The number of hydrogen-bond donors (Lipinski definition) is 0. The van der Waals surface area contributed by atoms with Gasteiger partial charge in [0, 0.05) is 25.1 Å². The zero-order valence-corrected chi connectivity index (χ0v) is 12.4. The Morgan fingerprint density at radius 3 is 2.60 bits per heavy atom. The van der Waals surface area contributed by atoms with E-state index in [1.54, 1.807) is 11.0 Å². The van der Waals surface area contributed by atoms with Crippen LogP contribution in [0.25, 0.3) is 0 Å². The largest absolute Gasteiger partial charge is 0.393 e. The second-order valence-corrected chi connectivity index (χ2v) is 6.32. The Morgan fingerprint density at radius 1 is 1.20 bits per heavy atom. The second kappa shape index (κ2) is 5.16. The fraction of sp³-hybridized carbons (Fsp3) is 0.692. The van der Waals surface area contributed by atoms with E-state index in [2.05, 4.69) is 25.9 Å². The average Bonchev–Trinajstić information content (AvgIpc) is 3.21. The molecule has 2 heterocycles. The van der Waals surface area contributed by atoms with Crippen molar-refractivity contribution < 1.29 is 13.2 Å². The van der Waals surface area contributed by atoms with Crippen LogP contribution in [0.2, 0.25) is 0 Å². The minimum Gasteiger partial charge on any atom is -0.356 e. The molecule has 3 nitrogen and oxygen atoms in total. The first-order valence-electron chi connectivity index (χ1n) is 6.79. The van der Waals surface area contributed by atoms with E-state index in [0.717, 1.165) is 18.7 Å². The van der Waals surface area contributed by atoms with Gasteiger partial charge in [-0.05, 0) is 41.6 Å². The van der Waals surface area contributed by atoms with Crippen molar-refractivity contribution in [3.8, 4) is 0 Å². The molecule has 1 aliphatic carbocycles. The summed E-state index contributed by atoms with van der Waals surface area (Å²) in [5, 5.41) is 0. The Bertz CT molecular complexity index is 502. The molecule has 1 saturated carbocycles. The van der Waals surface area contributed by atoms with Crippen LogP contribution < -0.4 is 4.90 Å². The summed E-state index contributed by atoms with van der Waals surface area (Å²) in [4.78, 5) is 10.5. The molecule has 0 N–H and O–H groups in total. The predicted molar refractivity (Wildman–Crippen MR) is 72.7 cm³/mol. The monoisotopic (exact) mass is 349 g/mol. The summed E-state index contributed by atoms with van der Waals surface area (Å²) in [7, 11) is 0. The highest BCUT2D eigenvalue weighted by atomic mass is 79.9. The van der Waals surface area contributed by atoms with Crippen molar-refractivity contribution in [2.45, 2.75) is 37.8 Å². The van der Waals surface area contributed by atoms with Crippen LogP contribution >= 0.6 is 15.9 Å². The van der Waals surface area contributed by atoms with Crippen LogP contribution in [0.4, 0.5) is 19.0 Å². The molecule has 7 heteroatoms. The Labute approximate surface area is 123 Å². The maximum atomic E-state index is 12.9. The molecule has 0 bridgehead atoms. The molecule has 1 aliphatic heterocycles. The lowest BCUT2D eigenvalue weighted by Gasteiger charge is -2.34. The van der Waals surface area contributed by atoms with Crippen LogP contribution in [0.3, 0.4) is 0 Å². The molecule has 0 aromatic carbocycles. The number of hydrogen-bond acceptors (Lipinski definition) is 3. The molecule has 0 radical (unpaired) electrons. The zero-order chi connectivity index (χ0) is 14.3. The maximum absolute atomic E-state index is 12.9. The molecule has 0 spiro atoms. The molecule has 1 unspecified atom stereocenters. The van der Waals surface area contributed by atoms with Crippen LogP contribution in [0.5, 0.6) is 0 Å². The minimum absolute atomic E-state index is 0.00292. The van der Waals surface area contributed by atoms with Gasteiger partial charge in [0.1, 0.15) is 16.2 Å². The van der Waals surface area contributed by atoms with Crippen LogP contribution in [-0.2, 0) is 0 Å². The van der Waals surface area contributed by atoms with Gasteiger partial charge in [-0.2, -0.15) is 13.2 Å². The van der Waals surface area contributed by atoms with Crippen LogP contribution in [0.15, 0.2) is 10.7 Å². The molecular formula is C13H15BrF3N3. The Morgan fingerprint density at radius 2 is 1.95 bits per heavy atom. The van der Waals surface area contributed by atoms with E-state index in [0.29, 0.717) is 29.3 Å². The molecule has 0 amide bonds.